The maximum absolute atomic E-state index is 13.2. The molecule has 1 aliphatic heterocycles. The number of likely N-dealkylation sites (N-methyl/N-ethyl adjacent to an activating group) is 1. The first kappa shape index (κ1) is 12.8. The molecule has 0 radical (unpaired) electrons. The SMILES string of the molecule is C[C@@H](O)c1ccc(F)cc1OC1CCN(C)C1=O. The molecule has 2 atom stereocenters. The van der Waals surface area contributed by atoms with Crippen LogP contribution in [-0.4, -0.2) is 35.6 Å². The van der Waals surface area contributed by atoms with E-state index in [2.05, 4.69) is 0 Å². The Bertz CT molecular complexity index is 462. The van der Waals surface area contributed by atoms with E-state index >= 15 is 0 Å². The average molecular weight is 253 g/mol. The number of nitrogens with zero attached hydrogens (tertiary/aromatic N) is 1. The highest BCUT2D eigenvalue weighted by Crippen LogP contribution is 2.28. The summed E-state index contributed by atoms with van der Waals surface area (Å²) in [4.78, 5) is 13.3. The molecule has 0 aromatic heterocycles. The molecular weight excluding hydrogens is 237 g/mol. The van der Waals surface area contributed by atoms with E-state index in [0.717, 1.165) is 0 Å². The van der Waals surface area contributed by atoms with Gasteiger partial charge in [-0.15, -0.1) is 0 Å². The first-order chi connectivity index (χ1) is 8.49. The van der Waals surface area contributed by atoms with Crippen LogP contribution in [0.5, 0.6) is 5.75 Å². The number of benzene rings is 1. The molecule has 1 aromatic rings. The molecule has 2 rings (SSSR count). The van der Waals surface area contributed by atoms with Crippen molar-refractivity contribution >= 4 is 5.91 Å². The maximum Gasteiger partial charge on any atom is 0.263 e. The Morgan fingerprint density at radius 2 is 2.28 bits per heavy atom. The van der Waals surface area contributed by atoms with E-state index in [-0.39, 0.29) is 11.7 Å². The zero-order valence-corrected chi connectivity index (χ0v) is 10.4. The van der Waals surface area contributed by atoms with Gasteiger partial charge in [0.05, 0.1) is 6.10 Å². The minimum Gasteiger partial charge on any atom is -0.480 e. The van der Waals surface area contributed by atoms with Crippen molar-refractivity contribution in [3.8, 4) is 5.75 Å². The van der Waals surface area contributed by atoms with Crippen molar-refractivity contribution in [3.05, 3.63) is 29.6 Å². The van der Waals surface area contributed by atoms with Gasteiger partial charge in [-0.2, -0.15) is 0 Å². The van der Waals surface area contributed by atoms with Crippen molar-refractivity contribution in [1.82, 2.24) is 4.90 Å². The lowest BCUT2D eigenvalue weighted by Gasteiger charge is -2.17. The molecule has 5 heteroatoms. The largest absolute Gasteiger partial charge is 0.480 e. The molecule has 18 heavy (non-hydrogen) atoms. The van der Waals surface area contributed by atoms with E-state index in [1.165, 1.54) is 18.2 Å². The third-order valence-corrected chi connectivity index (χ3v) is 3.07. The third-order valence-electron chi connectivity index (χ3n) is 3.07. The van der Waals surface area contributed by atoms with Crippen molar-refractivity contribution in [2.24, 2.45) is 0 Å². The number of amides is 1. The predicted octanol–water partition coefficient (Wildman–Crippen LogP) is 1.49. The van der Waals surface area contributed by atoms with Gasteiger partial charge in [0.25, 0.3) is 5.91 Å². The number of hydrogen-bond donors (Lipinski definition) is 1. The van der Waals surface area contributed by atoms with Gasteiger partial charge >= 0.3 is 0 Å². The topological polar surface area (TPSA) is 49.8 Å². The summed E-state index contributed by atoms with van der Waals surface area (Å²) in [7, 11) is 1.70. The van der Waals surface area contributed by atoms with Crippen molar-refractivity contribution in [1.29, 1.82) is 0 Å². The van der Waals surface area contributed by atoms with Gasteiger partial charge in [-0.25, -0.2) is 4.39 Å². The van der Waals surface area contributed by atoms with Crippen molar-refractivity contribution in [3.63, 3.8) is 0 Å². The van der Waals surface area contributed by atoms with Crippen LogP contribution in [0.1, 0.15) is 25.0 Å². The molecule has 1 unspecified atom stereocenters. The lowest BCUT2D eigenvalue weighted by atomic mass is 10.1. The monoisotopic (exact) mass is 253 g/mol. The van der Waals surface area contributed by atoms with Crippen molar-refractivity contribution in [2.45, 2.75) is 25.6 Å². The molecule has 1 fully saturated rings. The Hall–Kier alpha value is -1.62. The van der Waals surface area contributed by atoms with Gasteiger partial charge in [-0.3, -0.25) is 4.79 Å². The number of hydrogen-bond acceptors (Lipinski definition) is 3. The van der Waals surface area contributed by atoms with Gasteiger partial charge in [0.15, 0.2) is 6.10 Å². The molecule has 1 N–H and O–H groups in total. The number of halogens is 1. The zero-order chi connectivity index (χ0) is 13.3. The quantitative estimate of drug-likeness (QED) is 0.887. The van der Waals surface area contributed by atoms with E-state index in [9.17, 15) is 14.3 Å². The van der Waals surface area contributed by atoms with Crippen LogP contribution in [0.3, 0.4) is 0 Å². The van der Waals surface area contributed by atoms with Crippen LogP contribution in [0.15, 0.2) is 18.2 Å². The second-order valence-electron chi connectivity index (χ2n) is 4.51. The molecule has 0 saturated carbocycles. The summed E-state index contributed by atoms with van der Waals surface area (Å²) in [5.74, 6) is -0.331. The number of aliphatic hydroxyl groups is 1. The fourth-order valence-electron chi connectivity index (χ4n) is 2.01. The predicted molar refractivity (Wildman–Crippen MR) is 63.7 cm³/mol. The Morgan fingerprint density at radius 1 is 1.56 bits per heavy atom. The highest BCUT2D eigenvalue weighted by Gasteiger charge is 2.31. The first-order valence-electron chi connectivity index (χ1n) is 5.88. The number of ether oxygens (including phenoxy) is 1. The van der Waals surface area contributed by atoms with E-state index in [0.29, 0.717) is 18.5 Å². The summed E-state index contributed by atoms with van der Waals surface area (Å²) < 4.78 is 18.7. The Kier molecular flexibility index (Phi) is 3.52. The highest BCUT2D eigenvalue weighted by molar-refractivity contribution is 5.83. The van der Waals surface area contributed by atoms with Gasteiger partial charge in [-0.05, 0) is 19.1 Å². The van der Waals surface area contributed by atoms with Gasteiger partial charge in [0.1, 0.15) is 11.6 Å². The Balaban J connectivity index is 2.23. The Labute approximate surface area is 105 Å². The molecule has 0 aliphatic carbocycles. The second-order valence-corrected chi connectivity index (χ2v) is 4.51. The van der Waals surface area contributed by atoms with Crippen LogP contribution in [0.25, 0.3) is 0 Å². The maximum atomic E-state index is 13.2. The summed E-state index contributed by atoms with van der Waals surface area (Å²) in [6, 6.07) is 3.93. The molecular formula is C13H16FNO3. The fourth-order valence-corrected chi connectivity index (χ4v) is 2.01. The first-order valence-corrected chi connectivity index (χ1v) is 5.88. The number of rotatable bonds is 3. The van der Waals surface area contributed by atoms with Crippen LogP contribution in [-0.2, 0) is 4.79 Å². The number of likely N-dealkylation sites (tertiary alicyclic amines) is 1. The molecule has 1 heterocycles. The normalized spacial score (nSPS) is 21.2. The standard InChI is InChI=1S/C13H16FNO3/c1-8(16)10-4-3-9(14)7-12(10)18-11-5-6-15(2)13(11)17/h3-4,7-8,11,16H,5-6H2,1-2H3/t8-,11?/m1/s1. The summed E-state index contributed by atoms with van der Waals surface area (Å²) in [6.07, 6.45) is -0.783. The lowest BCUT2D eigenvalue weighted by Crippen LogP contribution is -2.29. The number of carbonyl (C=O) groups is 1. The molecule has 1 aliphatic rings. The van der Waals surface area contributed by atoms with Gasteiger partial charge in [-0.1, -0.05) is 0 Å². The van der Waals surface area contributed by atoms with Crippen molar-refractivity contribution < 1.29 is 19.0 Å². The van der Waals surface area contributed by atoms with Crippen LogP contribution < -0.4 is 4.74 Å². The molecule has 0 spiro atoms. The molecule has 0 bridgehead atoms. The molecule has 1 amide bonds. The van der Waals surface area contributed by atoms with Crippen LogP contribution in [0.4, 0.5) is 4.39 Å². The average Bonchev–Trinajstić information content (AvgIpc) is 2.61. The summed E-state index contributed by atoms with van der Waals surface area (Å²) in [5.41, 5.74) is 0.485. The van der Waals surface area contributed by atoms with Crippen molar-refractivity contribution in [2.75, 3.05) is 13.6 Å². The molecule has 1 aromatic carbocycles. The summed E-state index contributed by atoms with van der Waals surface area (Å²) in [5, 5.41) is 9.59. The van der Waals surface area contributed by atoms with Gasteiger partial charge in [0, 0.05) is 31.6 Å². The second kappa shape index (κ2) is 4.94. The number of aliphatic hydroxyl groups excluding tert-OH is 1. The minimum absolute atomic E-state index is 0.115. The third kappa shape index (κ3) is 2.46. The number of carbonyl (C=O) groups excluding carboxylic acids is 1. The van der Waals surface area contributed by atoms with Gasteiger partial charge < -0.3 is 14.7 Å². The van der Waals surface area contributed by atoms with Crippen LogP contribution in [0.2, 0.25) is 0 Å². The van der Waals surface area contributed by atoms with Gasteiger partial charge in [0.2, 0.25) is 0 Å². The smallest absolute Gasteiger partial charge is 0.263 e. The van der Waals surface area contributed by atoms with Crippen LogP contribution >= 0.6 is 0 Å². The fraction of sp³-hybridized carbons (Fsp3) is 0.462. The molecule has 1 saturated heterocycles. The minimum atomic E-state index is -0.769. The Morgan fingerprint density at radius 3 is 2.83 bits per heavy atom. The molecule has 4 nitrogen and oxygen atoms in total. The van der Waals surface area contributed by atoms with Crippen LogP contribution in [0, 0.1) is 5.82 Å². The van der Waals surface area contributed by atoms with E-state index in [4.69, 9.17) is 4.74 Å². The molecule has 98 valence electrons. The zero-order valence-electron chi connectivity index (χ0n) is 10.4. The lowest BCUT2D eigenvalue weighted by molar-refractivity contribution is -0.132. The van der Waals surface area contributed by atoms with E-state index < -0.39 is 18.0 Å². The van der Waals surface area contributed by atoms with E-state index in [1.807, 2.05) is 0 Å². The summed E-state index contributed by atoms with van der Waals surface area (Å²) in [6.45, 7) is 2.20. The summed E-state index contributed by atoms with van der Waals surface area (Å²) >= 11 is 0. The van der Waals surface area contributed by atoms with E-state index in [1.54, 1.807) is 18.9 Å². The highest BCUT2D eigenvalue weighted by atomic mass is 19.1.